The molecule has 1 saturated heterocycles. The third-order valence-corrected chi connectivity index (χ3v) is 5.41. The first-order valence-electron chi connectivity index (χ1n) is 7.62. The maximum absolute atomic E-state index is 12.4. The highest BCUT2D eigenvalue weighted by molar-refractivity contribution is 7.92. The Labute approximate surface area is 141 Å². The van der Waals surface area contributed by atoms with E-state index >= 15 is 0 Å². The van der Waals surface area contributed by atoms with Crippen molar-refractivity contribution in [3.05, 3.63) is 65.5 Å². The smallest absolute Gasteiger partial charge is 0.289 e. The molecule has 0 spiro atoms. The number of rotatable bonds is 4. The predicted molar refractivity (Wildman–Crippen MR) is 90.6 cm³/mol. The van der Waals surface area contributed by atoms with Crippen molar-refractivity contribution in [3.63, 3.8) is 0 Å². The quantitative estimate of drug-likeness (QED) is 0.849. The van der Waals surface area contributed by atoms with E-state index in [2.05, 4.69) is 0 Å². The molecule has 0 N–H and O–H groups in total. The summed E-state index contributed by atoms with van der Waals surface area (Å²) >= 11 is 0. The molecule has 0 bridgehead atoms. The summed E-state index contributed by atoms with van der Waals surface area (Å²) in [5, 5.41) is 1.21. The number of nitrogens with zero attached hydrogens (tertiary/aromatic N) is 2. The highest BCUT2D eigenvalue weighted by atomic mass is 32.2. The molecule has 0 aliphatic carbocycles. The van der Waals surface area contributed by atoms with Crippen LogP contribution in [0.4, 0.5) is 0 Å². The van der Waals surface area contributed by atoms with Gasteiger partial charge >= 0.3 is 0 Å². The summed E-state index contributed by atoms with van der Waals surface area (Å²) < 4.78 is 31.2. The van der Waals surface area contributed by atoms with Crippen molar-refractivity contribution < 1.29 is 17.6 Å². The van der Waals surface area contributed by atoms with Gasteiger partial charge in [0.2, 0.25) is 10.0 Å². The highest BCUT2D eigenvalue weighted by Gasteiger charge is 2.28. The van der Waals surface area contributed by atoms with Gasteiger partial charge in [-0.05, 0) is 23.8 Å². The first-order valence-corrected chi connectivity index (χ1v) is 9.13. The molecule has 7 heteroatoms. The van der Waals surface area contributed by atoms with Gasteiger partial charge in [-0.3, -0.25) is 4.79 Å². The molecule has 1 amide bonds. The zero-order valence-electron chi connectivity index (χ0n) is 13.0. The summed E-state index contributed by atoms with van der Waals surface area (Å²) in [5.74, 6) is 0.0622. The third kappa shape index (κ3) is 3.74. The summed E-state index contributed by atoms with van der Waals surface area (Å²) in [5.41, 5.74) is 0.827. The van der Waals surface area contributed by atoms with Crippen molar-refractivity contribution in [2.45, 2.75) is 0 Å². The number of benzene rings is 1. The molecule has 1 aliphatic rings. The predicted octanol–water partition coefficient (Wildman–Crippen LogP) is 2.04. The second-order valence-electron chi connectivity index (χ2n) is 5.43. The average molecular weight is 346 g/mol. The molecule has 1 aliphatic heterocycles. The third-order valence-electron chi connectivity index (χ3n) is 3.85. The lowest BCUT2D eigenvalue weighted by Crippen LogP contribution is -2.50. The lowest BCUT2D eigenvalue weighted by Gasteiger charge is -2.32. The van der Waals surface area contributed by atoms with Gasteiger partial charge in [-0.1, -0.05) is 30.3 Å². The van der Waals surface area contributed by atoms with Gasteiger partial charge < -0.3 is 9.32 Å². The van der Waals surface area contributed by atoms with E-state index in [1.807, 2.05) is 30.3 Å². The van der Waals surface area contributed by atoms with E-state index < -0.39 is 10.0 Å². The Morgan fingerprint density at radius 1 is 1.00 bits per heavy atom. The van der Waals surface area contributed by atoms with Gasteiger partial charge in [0.1, 0.15) is 0 Å². The van der Waals surface area contributed by atoms with E-state index in [1.165, 1.54) is 16.0 Å². The molecular formula is C17H18N2O4S. The molecule has 1 aromatic carbocycles. The fourth-order valence-corrected chi connectivity index (χ4v) is 3.69. The van der Waals surface area contributed by atoms with Gasteiger partial charge in [0, 0.05) is 31.6 Å². The molecule has 0 radical (unpaired) electrons. The van der Waals surface area contributed by atoms with Gasteiger partial charge in [-0.15, -0.1) is 0 Å². The SMILES string of the molecule is O=C(c1ccco1)N1CCN(S(=O)(=O)C=Cc2ccccc2)CC1. The largest absolute Gasteiger partial charge is 0.459 e. The number of sulfonamides is 1. The maximum Gasteiger partial charge on any atom is 0.289 e. The number of hydrogen-bond donors (Lipinski definition) is 0. The van der Waals surface area contributed by atoms with Crippen molar-refractivity contribution in [3.8, 4) is 0 Å². The number of piperazine rings is 1. The Balaban J connectivity index is 1.61. The Morgan fingerprint density at radius 3 is 2.33 bits per heavy atom. The van der Waals surface area contributed by atoms with Crippen molar-refractivity contribution in [2.24, 2.45) is 0 Å². The van der Waals surface area contributed by atoms with Crippen molar-refractivity contribution in [1.29, 1.82) is 0 Å². The summed E-state index contributed by atoms with van der Waals surface area (Å²) in [4.78, 5) is 13.8. The van der Waals surface area contributed by atoms with Gasteiger partial charge in [-0.25, -0.2) is 8.42 Å². The summed E-state index contributed by atoms with van der Waals surface area (Å²) in [6.45, 7) is 1.23. The minimum atomic E-state index is -3.49. The molecule has 2 aromatic rings. The zero-order valence-corrected chi connectivity index (χ0v) is 13.9. The fraction of sp³-hybridized carbons (Fsp3) is 0.235. The van der Waals surface area contributed by atoms with Crippen molar-refractivity contribution in [1.82, 2.24) is 9.21 Å². The fourth-order valence-electron chi connectivity index (χ4n) is 2.52. The first kappa shape index (κ1) is 16.5. The summed E-state index contributed by atoms with van der Waals surface area (Å²) in [6, 6.07) is 12.5. The number of hydrogen-bond acceptors (Lipinski definition) is 4. The highest BCUT2D eigenvalue weighted by Crippen LogP contribution is 2.14. The van der Waals surface area contributed by atoms with Crippen LogP contribution in [0.5, 0.6) is 0 Å². The molecule has 1 fully saturated rings. The second-order valence-corrected chi connectivity index (χ2v) is 7.25. The van der Waals surface area contributed by atoms with Crippen LogP contribution in [0.25, 0.3) is 6.08 Å². The summed E-state index contributed by atoms with van der Waals surface area (Å²) in [6.07, 6.45) is 3.03. The van der Waals surface area contributed by atoms with Crippen molar-refractivity contribution >= 4 is 22.0 Å². The van der Waals surface area contributed by atoms with Crippen LogP contribution in [0, 0.1) is 0 Å². The molecule has 0 unspecified atom stereocenters. The lowest BCUT2D eigenvalue weighted by molar-refractivity contribution is 0.0666. The van der Waals surface area contributed by atoms with Gasteiger partial charge in [0.25, 0.3) is 5.91 Å². The number of carbonyl (C=O) groups is 1. The van der Waals surface area contributed by atoms with Crippen LogP contribution in [0.2, 0.25) is 0 Å². The van der Waals surface area contributed by atoms with Gasteiger partial charge in [0.05, 0.1) is 6.26 Å². The lowest BCUT2D eigenvalue weighted by atomic mass is 10.2. The topological polar surface area (TPSA) is 70.8 Å². The van der Waals surface area contributed by atoms with Gasteiger partial charge in [-0.2, -0.15) is 4.31 Å². The monoisotopic (exact) mass is 346 g/mol. The molecule has 24 heavy (non-hydrogen) atoms. The molecular weight excluding hydrogens is 328 g/mol. The zero-order chi connectivity index (χ0) is 17.0. The molecule has 1 aromatic heterocycles. The van der Waals surface area contributed by atoms with Crippen LogP contribution in [0.1, 0.15) is 16.1 Å². The summed E-state index contributed by atoms with van der Waals surface area (Å²) in [7, 11) is -3.49. The van der Waals surface area contributed by atoms with Gasteiger partial charge in [0.15, 0.2) is 5.76 Å². The van der Waals surface area contributed by atoms with E-state index in [4.69, 9.17) is 4.42 Å². The molecule has 3 rings (SSSR count). The van der Waals surface area contributed by atoms with E-state index in [0.717, 1.165) is 5.56 Å². The van der Waals surface area contributed by atoms with E-state index in [0.29, 0.717) is 13.1 Å². The molecule has 0 saturated carbocycles. The number of amides is 1. The second kappa shape index (κ2) is 7.02. The minimum Gasteiger partial charge on any atom is -0.459 e. The van der Waals surface area contributed by atoms with Crippen LogP contribution in [0.3, 0.4) is 0 Å². The maximum atomic E-state index is 12.4. The Kier molecular flexibility index (Phi) is 4.82. The van der Waals surface area contributed by atoms with Crippen LogP contribution >= 0.6 is 0 Å². The van der Waals surface area contributed by atoms with Crippen molar-refractivity contribution in [2.75, 3.05) is 26.2 Å². The average Bonchev–Trinajstić information content (AvgIpc) is 3.15. The van der Waals surface area contributed by atoms with Crippen LogP contribution in [-0.4, -0.2) is 49.7 Å². The van der Waals surface area contributed by atoms with Crippen LogP contribution in [-0.2, 0) is 10.0 Å². The van der Waals surface area contributed by atoms with E-state index in [-0.39, 0.29) is 24.8 Å². The van der Waals surface area contributed by atoms with E-state index in [1.54, 1.807) is 23.1 Å². The molecule has 0 atom stereocenters. The molecule has 2 heterocycles. The first-order chi connectivity index (χ1) is 11.6. The standard InChI is InChI=1S/C17H18N2O4S/c20-17(16-7-4-13-23-16)18-9-11-19(12-10-18)24(21,22)14-8-15-5-2-1-3-6-15/h1-8,13-14H,9-12H2. The minimum absolute atomic E-state index is 0.211. The molecule has 126 valence electrons. The number of carbonyl (C=O) groups excluding carboxylic acids is 1. The Hall–Kier alpha value is -2.38. The normalized spacial score (nSPS) is 16.6. The number of furan rings is 1. The van der Waals surface area contributed by atoms with Crippen LogP contribution < -0.4 is 0 Å². The molecule has 6 nitrogen and oxygen atoms in total. The van der Waals surface area contributed by atoms with E-state index in [9.17, 15) is 13.2 Å². The Morgan fingerprint density at radius 2 is 1.71 bits per heavy atom. The van der Waals surface area contributed by atoms with Crippen LogP contribution in [0.15, 0.2) is 58.6 Å². The Bertz CT molecular complexity index is 806.